The Morgan fingerprint density at radius 3 is 2.62 bits per heavy atom. The molecule has 1 fully saturated rings. The van der Waals surface area contributed by atoms with Crippen molar-refractivity contribution in [2.45, 2.75) is 69.2 Å². The van der Waals surface area contributed by atoms with Gasteiger partial charge < -0.3 is 4.90 Å². The third-order valence-electron chi connectivity index (χ3n) is 5.21. The Bertz CT molecular complexity index is 534. The summed E-state index contributed by atoms with van der Waals surface area (Å²) in [5.41, 5.74) is 2.38. The molecule has 1 aliphatic heterocycles. The summed E-state index contributed by atoms with van der Waals surface area (Å²) < 4.78 is 0. The summed E-state index contributed by atoms with van der Waals surface area (Å²) in [6.45, 7) is 4.09. The maximum atomic E-state index is 12.8. The Kier molecular flexibility index (Phi) is 4.00. The van der Waals surface area contributed by atoms with E-state index in [0.29, 0.717) is 5.92 Å². The summed E-state index contributed by atoms with van der Waals surface area (Å²) in [6, 6.07) is 8.36. The molecule has 0 saturated heterocycles. The minimum Gasteiger partial charge on any atom is -0.305 e. The minimum atomic E-state index is -0.467. The molecule has 1 spiro atoms. The third-order valence-corrected chi connectivity index (χ3v) is 5.40. The van der Waals surface area contributed by atoms with Crippen molar-refractivity contribution in [2.75, 3.05) is 4.90 Å². The Labute approximate surface area is 132 Å². The fourth-order valence-corrected chi connectivity index (χ4v) is 4.40. The van der Waals surface area contributed by atoms with Crippen molar-refractivity contribution in [1.82, 2.24) is 0 Å². The minimum absolute atomic E-state index is 0.00769. The molecule has 3 heteroatoms. The number of rotatable bonds is 1. The highest BCUT2D eigenvalue weighted by Gasteiger charge is 2.47. The molecule has 2 atom stereocenters. The van der Waals surface area contributed by atoms with Crippen LogP contribution in [0.1, 0.15) is 63.9 Å². The number of para-hydroxylation sites is 1. The molecular weight excluding hydrogens is 282 g/mol. The van der Waals surface area contributed by atoms with E-state index in [1.165, 1.54) is 24.8 Å². The van der Waals surface area contributed by atoms with Gasteiger partial charge in [-0.05, 0) is 43.7 Å². The Morgan fingerprint density at radius 1 is 1.29 bits per heavy atom. The lowest BCUT2D eigenvalue weighted by Gasteiger charge is -2.52. The molecule has 0 bridgehead atoms. The van der Waals surface area contributed by atoms with E-state index < -0.39 is 5.38 Å². The van der Waals surface area contributed by atoms with Crippen LogP contribution in [-0.2, 0) is 4.79 Å². The van der Waals surface area contributed by atoms with Gasteiger partial charge in [-0.1, -0.05) is 44.4 Å². The van der Waals surface area contributed by atoms with Crippen molar-refractivity contribution in [3.05, 3.63) is 29.8 Å². The van der Waals surface area contributed by atoms with Gasteiger partial charge in [0.25, 0.3) is 0 Å². The van der Waals surface area contributed by atoms with Crippen LogP contribution in [0.2, 0.25) is 0 Å². The van der Waals surface area contributed by atoms with Gasteiger partial charge >= 0.3 is 0 Å². The highest BCUT2D eigenvalue weighted by atomic mass is 35.5. The molecule has 0 N–H and O–H groups in total. The first-order valence-electron chi connectivity index (χ1n) is 8.12. The number of benzene rings is 1. The van der Waals surface area contributed by atoms with E-state index in [1.807, 2.05) is 6.07 Å². The van der Waals surface area contributed by atoms with Gasteiger partial charge in [0.15, 0.2) is 0 Å². The smallest absolute Gasteiger partial charge is 0.245 e. The number of carbonyl (C=O) groups is 1. The lowest BCUT2D eigenvalue weighted by atomic mass is 9.70. The molecule has 2 unspecified atom stereocenters. The largest absolute Gasteiger partial charge is 0.305 e. The van der Waals surface area contributed by atoms with E-state index in [-0.39, 0.29) is 11.4 Å². The fourth-order valence-electron chi connectivity index (χ4n) is 4.30. The molecule has 1 saturated carbocycles. The molecule has 1 amide bonds. The molecule has 1 aromatic rings. The quantitative estimate of drug-likeness (QED) is 0.679. The molecular formula is C18H24ClNO. The molecule has 1 heterocycles. The highest BCUT2D eigenvalue weighted by molar-refractivity contribution is 6.32. The van der Waals surface area contributed by atoms with Crippen molar-refractivity contribution < 1.29 is 4.79 Å². The first-order chi connectivity index (χ1) is 10.1. The molecule has 0 radical (unpaired) electrons. The average molecular weight is 306 g/mol. The molecule has 2 aliphatic rings. The summed E-state index contributed by atoms with van der Waals surface area (Å²) in [5.74, 6) is 0.576. The van der Waals surface area contributed by atoms with E-state index in [4.69, 9.17) is 11.6 Å². The normalized spacial score (nSPS) is 25.5. The van der Waals surface area contributed by atoms with Crippen molar-refractivity contribution in [2.24, 2.45) is 0 Å². The average Bonchev–Trinajstić information content (AvgIpc) is 2.48. The highest BCUT2D eigenvalue weighted by Crippen LogP contribution is 2.49. The van der Waals surface area contributed by atoms with Crippen LogP contribution in [0.5, 0.6) is 0 Å². The maximum absolute atomic E-state index is 12.8. The zero-order valence-corrected chi connectivity index (χ0v) is 13.7. The number of hydrogen-bond donors (Lipinski definition) is 0. The number of hydrogen-bond acceptors (Lipinski definition) is 1. The summed E-state index contributed by atoms with van der Waals surface area (Å²) >= 11 is 6.18. The summed E-state index contributed by atoms with van der Waals surface area (Å²) in [6.07, 6.45) is 7.02. The Balaban J connectivity index is 2.11. The van der Waals surface area contributed by atoms with Gasteiger partial charge in [0.2, 0.25) is 5.91 Å². The number of fused-ring (bicyclic) bond motifs is 1. The van der Waals surface area contributed by atoms with E-state index in [9.17, 15) is 4.79 Å². The number of nitrogens with zero attached hydrogens (tertiary/aromatic N) is 1. The van der Waals surface area contributed by atoms with Crippen LogP contribution >= 0.6 is 11.6 Å². The first-order valence-corrected chi connectivity index (χ1v) is 8.56. The van der Waals surface area contributed by atoms with Crippen molar-refractivity contribution in [3.63, 3.8) is 0 Å². The second-order valence-electron chi connectivity index (χ2n) is 6.74. The van der Waals surface area contributed by atoms with E-state index in [0.717, 1.165) is 24.9 Å². The molecule has 0 aromatic heterocycles. The SMILES string of the molecule is CC(Cl)C(=O)N1c2ccccc2C(C)CC12CCCCC2. The van der Waals surface area contributed by atoms with E-state index in [2.05, 4.69) is 30.0 Å². The van der Waals surface area contributed by atoms with Crippen LogP contribution in [-0.4, -0.2) is 16.8 Å². The van der Waals surface area contributed by atoms with Gasteiger partial charge in [-0.3, -0.25) is 4.79 Å². The molecule has 1 aliphatic carbocycles. The number of halogens is 1. The number of amides is 1. The zero-order valence-electron chi connectivity index (χ0n) is 12.9. The van der Waals surface area contributed by atoms with Crippen molar-refractivity contribution in [1.29, 1.82) is 0 Å². The van der Waals surface area contributed by atoms with Crippen LogP contribution in [0.3, 0.4) is 0 Å². The maximum Gasteiger partial charge on any atom is 0.245 e. The van der Waals surface area contributed by atoms with Crippen LogP contribution in [0.4, 0.5) is 5.69 Å². The fraction of sp³-hybridized carbons (Fsp3) is 0.611. The van der Waals surface area contributed by atoms with Gasteiger partial charge in [-0.2, -0.15) is 0 Å². The second-order valence-corrected chi connectivity index (χ2v) is 7.39. The second kappa shape index (κ2) is 5.64. The van der Waals surface area contributed by atoms with Crippen LogP contribution < -0.4 is 4.90 Å². The third kappa shape index (κ3) is 2.48. The topological polar surface area (TPSA) is 20.3 Å². The van der Waals surface area contributed by atoms with E-state index >= 15 is 0 Å². The first kappa shape index (κ1) is 14.9. The van der Waals surface area contributed by atoms with Gasteiger partial charge in [0.1, 0.15) is 5.38 Å². The van der Waals surface area contributed by atoms with Gasteiger partial charge in [0, 0.05) is 11.2 Å². The van der Waals surface area contributed by atoms with Crippen LogP contribution in [0.25, 0.3) is 0 Å². The van der Waals surface area contributed by atoms with Gasteiger partial charge in [-0.25, -0.2) is 0 Å². The van der Waals surface area contributed by atoms with Crippen LogP contribution in [0.15, 0.2) is 24.3 Å². The lowest BCUT2D eigenvalue weighted by Crippen LogP contribution is -2.58. The molecule has 21 heavy (non-hydrogen) atoms. The standard InChI is InChI=1S/C18H24ClNO/c1-13-12-18(10-6-3-7-11-18)20(17(21)14(2)19)16-9-5-4-8-15(13)16/h4-5,8-9,13-14H,3,6-7,10-12H2,1-2H3. The van der Waals surface area contributed by atoms with Crippen molar-refractivity contribution >= 4 is 23.2 Å². The summed E-state index contributed by atoms with van der Waals surface area (Å²) in [5, 5.41) is -0.467. The Hall–Kier alpha value is -1.02. The number of carbonyl (C=O) groups excluding carboxylic acids is 1. The monoisotopic (exact) mass is 305 g/mol. The molecule has 114 valence electrons. The van der Waals surface area contributed by atoms with Gasteiger partial charge in [0.05, 0.1) is 0 Å². The summed E-state index contributed by atoms with van der Waals surface area (Å²) in [7, 11) is 0. The predicted octanol–water partition coefficient (Wildman–Crippen LogP) is 4.86. The summed E-state index contributed by atoms with van der Waals surface area (Å²) in [4.78, 5) is 14.9. The number of alkyl halides is 1. The molecule has 1 aromatic carbocycles. The van der Waals surface area contributed by atoms with Crippen molar-refractivity contribution in [3.8, 4) is 0 Å². The Morgan fingerprint density at radius 2 is 1.95 bits per heavy atom. The van der Waals surface area contributed by atoms with Gasteiger partial charge in [-0.15, -0.1) is 11.6 Å². The molecule has 3 rings (SSSR count). The lowest BCUT2D eigenvalue weighted by molar-refractivity contribution is -0.119. The zero-order chi connectivity index (χ0) is 15.0. The predicted molar refractivity (Wildman–Crippen MR) is 88.1 cm³/mol. The van der Waals surface area contributed by atoms with Crippen LogP contribution in [0, 0.1) is 0 Å². The molecule has 2 nitrogen and oxygen atoms in total. The van der Waals surface area contributed by atoms with E-state index in [1.54, 1.807) is 6.92 Å². The number of anilines is 1.